The van der Waals surface area contributed by atoms with Gasteiger partial charge in [-0.1, -0.05) is 18.2 Å². The lowest BCUT2D eigenvalue weighted by Crippen LogP contribution is -2.05. The molecule has 0 spiro atoms. The molecule has 0 heterocycles. The van der Waals surface area contributed by atoms with Crippen molar-refractivity contribution in [2.24, 2.45) is 0 Å². The van der Waals surface area contributed by atoms with E-state index in [1.165, 1.54) is 12.1 Å². The summed E-state index contributed by atoms with van der Waals surface area (Å²) in [6, 6.07) is 12.5. The van der Waals surface area contributed by atoms with Crippen LogP contribution >= 0.6 is 27.5 Å². The first-order chi connectivity index (χ1) is 9.63. The second-order valence-corrected chi connectivity index (χ2v) is 5.74. The molecule has 0 N–H and O–H groups in total. The second-order valence-electron chi connectivity index (χ2n) is 4.58. The van der Waals surface area contributed by atoms with E-state index < -0.39 is 0 Å². The van der Waals surface area contributed by atoms with Gasteiger partial charge in [0, 0.05) is 11.8 Å². The zero-order valence-corrected chi connectivity index (χ0v) is 13.4. The second kappa shape index (κ2) is 7.09. The van der Waals surface area contributed by atoms with Gasteiger partial charge in [-0.3, -0.25) is 0 Å². The Hall–Kier alpha value is -1.06. The Labute approximate surface area is 131 Å². The number of halogens is 3. The quantitative estimate of drug-likeness (QED) is 0.671. The smallest absolute Gasteiger partial charge is 0.133 e. The van der Waals surface area contributed by atoms with E-state index in [-0.39, 0.29) is 11.7 Å². The first kappa shape index (κ1) is 15.3. The van der Waals surface area contributed by atoms with Gasteiger partial charge in [0.15, 0.2) is 0 Å². The number of hydrogen-bond donors (Lipinski definition) is 0. The lowest BCUT2D eigenvalue weighted by Gasteiger charge is -2.15. The summed E-state index contributed by atoms with van der Waals surface area (Å²) in [6.07, 6.45) is 0.803. The molecular formula is C16H15BrClFO. The molecule has 0 aliphatic rings. The maximum absolute atomic E-state index is 13.0. The Morgan fingerprint density at radius 1 is 1.20 bits per heavy atom. The van der Waals surface area contributed by atoms with Crippen LogP contribution in [0.1, 0.15) is 17.0 Å². The highest BCUT2D eigenvalue weighted by Crippen LogP contribution is 2.29. The number of alkyl halides is 1. The molecule has 0 amide bonds. The van der Waals surface area contributed by atoms with Gasteiger partial charge >= 0.3 is 0 Å². The van der Waals surface area contributed by atoms with Crippen molar-refractivity contribution < 1.29 is 9.13 Å². The SMILES string of the molecule is COc1ccc(CC(CCl)c2ccc(F)cc2)cc1Br. The maximum Gasteiger partial charge on any atom is 0.133 e. The van der Waals surface area contributed by atoms with E-state index in [4.69, 9.17) is 16.3 Å². The first-order valence-electron chi connectivity index (χ1n) is 6.28. The van der Waals surface area contributed by atoms with E-state index in [0.717, 1.165) is 27.8 Å². The van der Waals surface area contributed by atoms with Crippen LogP contribution in [0.4, 0.5) is 4.39 Å². The zero-order valence-electron chi connectivity index (χ0n) is 11.1. The molecule has 2 rings (SSSR count). The predicted octanol–water partition coefficient (Wildman–Crippen LogP) is 5.16. The van der Waals surface area contributed by atoms with Crippen LogP contribution in [0.25, 0.3) is 0 Å². The largest absolute Gasteiger partial charge is 0.496 e. The van der Waals surface area contributed by atoms with E-state index in [9.17, 15) is 4.39 Å². The molecule has 4 heteroatoms. The molecule has 1 atom stereocenters. The highest BCUT2D eigenvalue weighted by atomic mass is 79.9. The predicted molar refractivity (Wildman–Crippen MR) is 84.3 cm³/mol. The summed E-state index contributed by atoms with van der Waals surface area (Å²) in [6.45, 7) is 0. The van der Waals surface area contributed by atoms with Gasteiger partial charge in [-0.15, -0.1) is 11.6 Å². The van der Waals surface area contributed by atoms with Gasteiger partial charge in [0.2, 0.25) is 0 Å². The third-order valence-electron chi connectivity index (χ3n) is 3.23. The van der Waals surface area contributed by atoms with E-state index in [1.54, 1.807) is 19.2 Å². The zero-order chi connectivity index (χ0) is 14.5. The van der Waals surface area contributed by atoms with Crippen molar-refractivity contribution in [3.63, 3.8) is 0 Å². The van der Waals surface area contributed by atoms with Crippen molar-refractivity contribution >= 4 is 27.5 Å². The number of benzene rings is 2. The Balaban J connectivity index is 2.17. The van der Waals surface area contributed by atoms with E-state index in [1.807, 2.05) is 18.2 Å². The minimum absolute atomic E-state index is 0.164. The van der Waals surface area contributed by atoms with Crippen LogP contribution in [0.2, 0.25) is 0 Å². The van der Waals surface area contributed by atoms with Crippen LogP contribution in [0.3, 0.4) is 0 Å². The molecule has 20 heavy (non-hydrogen) atoms. The van der Waals surface area contributed by atoms with Crippen molar-refractivity contribution in [2.75, 3.05) is 13.0 Å². The number of hydrogen-bond acceptors (Lipinski definition) is 1. The molecule has 0 aliphatic carbocycles. The van der Waals surface area contributed by atoms with Crippen LogP contribution in [0.15, 0.2) is 46.9 Å². The number of rotatable bonds is 5. The average Bonchev–Trinajstić information content (AvgIpc) is 2.46. The van der Waals surface area contributed by atoms with Gasteiger partial charge in [-0.25, -0.2) is 4.39 Å². The molecule has 0 radical (unpaired) electrons. The molecule has 2 aromatic carbocycles. The summed E-state index contributed by atoms with van der Waals surface area (Å²) in [5.74, 6) is 1.24. The third-order valence-corrected chi connectivity index (χ3v) is 4.22. The van der Waals surface area contributed by atoms with Crippen LogP contribution < -0.4 is 4.74 Å². The maximum atomic E-state index is 13.0. The lowest BCUT2D eigenvalue weighted by atomic mass is 9.93. The van der Waals surface area contributed by atoms with Crippen LogP contribution in [0, 0.1) is 5.82 Å². The van der Waals surface area contributed by atoms with Crippen LogP contribution in [-0.2, 0) is 6.42 Å². The average molecular weight is 358 g/mol. The lowest BCUT2D eigenvalue weighted by molar-refractivity contribution is 0.412. The van der Waals surface area contributed by atoms with Crippen molar-refractivity contribution in [3.05, 3.63) is 63.9 Å². The van der Waals surface area contributed by atoms with Gasteiger partial charge in [0.1, 0.15) is 11.6 Å². The minimum atomic E-state index is -0.228. The van der Waals surface area contributed by atoms with E-state index in [2.05, 4.69) is 15.9 Å². The fraction of sp³-hybridized carbons (Fsp3) is 0.250. The molecule has 1 nitrogen and oxygen atoms in total. The molecular weight excluding hydrogens is 343 g/mol. The highest BCUT2D eigenvalue weighted by Gasteiger charge is 2.12. The van der Waals surface area contributed by atoms with Gasteiger partial charge in [-0.2, -0.15) is 0 Å². The topological polar surface area (TPSA) is 9.23 Å². The van der Waals surface area contributed by atoms with Crippen molar-refractivity contribution in [3.8, 4) is 5.75 Å². The summed E-state index contributed by atoms with van der Waals surface area (Å²) in [5, 5.41) is 0. The molecule has 106 valence electrons. The molecule has 1 unspecified atom stereocenters. The molecule has 0 saturated heterocycles. The summed E-state index contributed by atoms with van der Waals surface area (Å²) < 4.78 is 19.1. The van der Waals surface area contributed by atoms with E-state index >= 15 is 0 Å². The molecule has 0 aliphatic heterocycles. The summed E-state index contributed by atoms with van der Waals surface area (Å²) in [5.41, 5.74) is 2.21. The first-order valence-corrected chi connectivity index (χ1v) is 7.60. The normalized spacial score (nSPS) is 12.2. The summed E-state index contributed by atoms with van der Waals surface area (Å²) in [7, 11) is 1.64. The van der Waals surface area contributed by atoms with Crippen LogP contribution in [-0.4, -0.2) is 13.0 Å². The molecule has 0 bridgehead atoms. The van der Waals surface area contributed by atoms with Gasteiger partial charge in [-0.05, 0) is 57.7 Å². The number of ether oxygens (including phenoxy) is 1. The molecule has 2 aromatic rings. The summed E-state index contributed by atoms with van der Waals surface area (Å²) in [4.78, 5) is 0. The molecule has 0 fully saturated rings. The van der Waals surface area contributed by atoms with Gasteiger partial charge in [0.25, 0.3) is 0 Å². The highest BCUT2D eigenvalue weighted by molar-refractivity contribution is 9.10. The van der Waals surface area contributed by atoms with Gasteiger partial charge in [0.05, 0.1) is 11.6 Å². The fourth-order valence-electron chi connectivity index (χ4n) is 2.12. The van der Waals surface area contributed by atoms with Crippen LogP contribution in [0.5, 0.6) is 5.75 Å². The Morgan fingerprint density at radius 3 is 2.45 bits per heavy atom. The number of methoxy groups -OCH3 is 1. The standard InChI is InChI=1S/C16H15BrClFO/c1-20-16-7-2-11(9-15(16)17)8-13(10-18)12-3-5-14(19)6-4-12/h2-7,9,13H,8,10H2,1H3. The third kappa shape index (κ3) is 3.74. The molecule has 0 saturated carbocycles. The Morgan fingerprint density at radius 2 is 1.90 bits per heavy atom. The summed E-state index contributed by atoms with van der Waals surface area (Å²) >= 11 is 9.54. The minimum Gasteiger partial charge on any atom is -0.496 e. The van der Waals surface area contributed by atoms with Crippen molar-refractivity contribution in [1.29, 1.82) is 0 Å². The fourth-order valence-corrected chi connectivity index (χ4v) is 2.99. The van der Waals surface area contributed by atoms with Crippen molar-refractivity contribution in [1.82, 2.24) is 0 Å². The molecule has 0 aromatic heterocycles. The van der Waals surface area contributed by atoms with Gasteiger partial charge < -0.3 is 4.74 Å². The van der Waals surface area contributed by atoms with Crippen molar-refractivity contribution in [2.45, 2.75) is 12.3 Å². The van der Waals surface area contributed by atoms with E-state index in [0.29, 0.717) is 5.88 Å². The Kier molecular flexibility index (Phi) is 5.44. The Bertz CT molecular complexity index is 571. The monoisotopic (exact) mass is 356 g/mol.